The Labute approximate surface area is 131 Å². The van der Waals surface area contributed by atoms with Crippen LogP contribution in [-0.2, 0) is 10.6 Å². The molecule has 2 aromatic carbocycles. The number of fused-ring (bicyclic) bond motifs is 1. The van der Waals surface area contributed by atoms with Crippen molar-refractivity contribution in [3.63, 3.8) is 0 Å². The summed E-state index contributed by atoms with van der Waals surface area (Å²) in [5.41, 5.74) is 3.87. The van der Waals surface area contributed by atoms with E-state index < -0.39 is 5.72 Å². The molecule has 0 saturated heterocycles. The van der Waals surface area contributed by atoms with E-state index in [9.17, 15) is 0 Å². The number of hydrogen-bond donors (Lipinski definition) is 1. The first-order valence-corrected chi connectivity index (χ1v) is 7.35. The van der Waals surface area contributed by atoms with Gasteiger partial charge < -0.3 is 4.74 Å². The maximum atomic E-state index is 6.13. The highest BCUT2D eigenvalue weighted by Crippen LogP contribution is 2.36. The summed E-state index contributed by atoms with van der Waals surface area (Å²) >= 11 is 3.49. The Balaban J connectivity index is 2.11. The van der Waals surface area contributed by atoms with Gasteiger partial charge in [-0.2, -0.15) is 0 Å². The topological polar surface area (TPSA) is 42.8 Å². The van der Waals surface area contributed by atoms with Crippen molar-refractivity contribution in [2.24, 2.45) is 4.99 Å². The summed E-state index contributed by atoms with van der Waals surface area (Å²) in [6, 6.07) is 15.7. The lowest BCUT2D eigenvalue weighted by atomic mass is 10.0. The predicted molar refractivity (Wildman–Crippen MR) is 85.2 cm³/mol. The summed E-state index contributed by atoms with van der Waals surface area (Å²) in [6.07, 6.45) is 0. The van der Waals surface area contributed by atoms with Crippen LogP contribution in [0.5, 0.6) is 5.75 Å². The molecule has 21 heavy (non-hydrogen) atoms. The molecule has 0 aliphatic carbocycles. The smallest absolute Gasteiger partial charge is 0.225 e. The number of halogens is 1. The van der Waals surface area contributed by atoms with Crippen molar-refractivity contribution in [1.29, 1.82) is 0 Å². The van der Waals surface area contributed by atoms with Crippen LogP contribution >= 0.6 is 15.9 Å². The number of hydroxylamine groups is 1. The molecule has 0 aromatic heterocycles. The summed E-state index contributed by atoms with van der Waals surface area (Å²) in [6.45, 7) is 1.93. The van der Waals surface area contributed by atoms with Crippen LogP contribution in [0.4, 0.5) is 0 Å². The maximum Gasteiger partial charge on any atom is 0.225 e. The number of nitrogens with one attached hydrogen (secondary N) is 1. The Morgan fingerprint density at radius 1 is 1.19 bits per heavy atom. The highest BCUT2D eigenvalue weighted by atomic mass is 79.9. The van der Waals surface area contributed by atoms with Gasteiger partial charge in [-0.25, -0.2) is 10.5 Å². The Kier molecular flexibility index (Phi) is 3.69. The van der Waals surface area contributed by atoms with Gasteiger partial charge in [0.1, 0.15) is 5.75 Å². The van der Waals surface area contributed by atoms with E-state index in [0.717, 1.165) is 21.3 Å². The minimum absolute atomic E-state index is 0.654. The number of para-hydroxylation sites is 1. The molecule has 1 aliphatic heterocycles. The molecule has 1 atom stereocenters. The van der Waals surface area contributed by atoms with Crippen molar-refractivity contribution >= 4 is 21.8 Å². The van der Waals surface area contributed by atoms with Gasteiger partial charge in [0.25, 0.3) is 0 Å². The average Bonchev–Trinajstić information content (AvgIpc) is 2.47. The Morgan fingerprint density at radius 2 is 2.00 bits per heavy atom. The molecule has 5 heteroatoms. The largest absolute Gasteiger partial charge is 0.461 e. The van der Waals surface area contributed by atoms with E-state index in [1.807, 2.05) is 55.5 Å². The molecule has 0 saturated carbocycles. The fourth-order valence-electron chi connectivity index (χ4n) is 2.34. The van der Waals surface area contributed by atoms with E-state index in [1.165, 1.54) is 0 Å². The van der Waals surface area contributed by atoms with Gasteiger partial charge in [-0.3, -0.25) is 4.84 Å². The number of amidine groups is 1. The lowest BCUT2D eigenvalue weighted by molar-refractivity contribution is 0.0844. The number of benzene rings is 2. The van der Waals surface area contributed by atoms with Crippen LogP contribution in [0.3, 0.4) is 0 Å². The molecule has 3 rings (SSSR count). The van der Waals surface area contributed by atoms with Gasteiger partial charge in [0.2, 0.25) is 5.72 Å². The van der Waals surface area contributed by atoms with Crippen LogP contribution in [0.2, 0.25) is 0 Å². The molecule has 0 spiro atoms. The van der Waals surface area contributed by atoms with Crippen molar-refractivity contribution in [1.82, 2.24) is 5.48 Å². The fraction of sp³-hybridized carbons (Fsp3) is 0.188. The van der Waals surface area contributed by atoms with Gasteiger partial charge in [0, 0.05) is 17.0 Å². The zero-order chi connectivity index (χ0) is 14.9. The van der Waals surface area contributed by atoms with Gasteiger partial charge >= 0.3 is 0 Å². The molecule has 108 valence electrons. The third-order valence-electron chi connectivity index (χ3n) is 3.34. The highest BCUT2D eigenvalue weighted by molar-refractivity contribution is 9.10. The normalized spacial score (nSPS) is 20.2. The summed E-state index contributed by atoms with van der Waals surface area (Å²) in [7, 11) is 1.57. The van der Waals surface area contributed by atoms with Crippen LogP contribution < -0.4 is 10.2 Å². The molecule has 4 nitrogen and oxygen atoms in total. The number of aliphatic imine (C=N–C) groups is 1. The second kappa shape index (κ2) is 5.50. The molecule has 1 N–H and O–H groups in total. The van der Waals surface area contributed by atoms with Crippen molar-refractivity contribution in [3.8, 4) is 5.75 Å². The van der Waals surface area contributed by atoms with Gasteiger partial charge in [-0.05, 0) is 24.3 Å². The molecule has 0 radical (unpaired) electrons. The van der Waals surface area contributed by atoms with Crippen LogP contribution in [0.25, 0.3) is 0 Å². The van der Waals surface area contributed by atoms with E-state index in [4.69, 9.17) is 14.6 Å². The molecule has 1 unspecified atom stereocenters. The third-order valence-corrected chi connectivity index (χ3v) is 3.83. The number of hydrogen-bond acceptors (Lipinski definition) is 4. The zero-order valence-corrected chi connectivity index (χ0v) is 13.3. The molecule has 1 heterocycles. The summed E-state index contributed by atoms with van der Waals surface area (Å²) in [5, 5.41) is 0. The molecule has 2 aromatic rings. The lowest BCUT2D eigenvalue weighted by Crippen LogP contribution is -2.37. The van der Waals surface area contributed by atoms with Crippen molar-refractivity contribution in [2.45, 2.75) is 12.6 Å². The number of ether oxygens (including phenoxy) is 1. The predicted octanol–water partition coefficient (Wildman–Crippen LogP) is 3.61. The SMILES string of the molecule is CONC1=NC(C)(c2cccc(Br)c2)Oc2ccccc21. The fourth-order valence-corrected chi connectivity index (χ4v) is 2.74. The van der Waals surface area contributed by atoms with Crippen LogP contribution in [0.15, 0.2) is 58.0 Å². The Hall–Kier alpha value is -1.85. The first-order valence-electron chi connectivity index (χ1n) is 6.56. The van der Waals surface area contributed by atoms with Crippen LogP contribution in [0.1, 0.15) is 18.1 Å². The van der Waals surface area contributed by atoms with E-state index in [0.29, 0.717) is 5.84 Å². The van der Waals surface area contributed by atoms with Crippen molar-refractivity contribution < 1.29 is 9.57 Å². The molecule has 0 bridgehead atoms. The Bertz CT molecular complexity index is 702. The molecule has 1 aliphatic rings. The first-order chi connectivity index (χ1) is 10.1. The summed E-state index contributed by atoms with van der Waals surface area (Å²) in [5.74, 6) is 1.43. The van der Waals surface area contributed by atoms with Crippen molar-refractivity contribution in [3.05, 3.63) is 64.1 Å². The number of nitrogens with zero attached hydrogens (tertiary/aromatic N) is 1. The van der Waals surface area contributed by atoms with E-state index in [2.05, 4.69) is 21.4 Å². The highest BCUT2D eigenvalue weighted by Gasteiger charge is 2.34. The second-order valence-electron chi connectivity index (χ2n) is 4.86. The zero-order valence-electron chi connectivity index (χ0n) is 11.8. The second-order valence-corrected chi connectivity index (χ2v) is 5.77. The van der Waals surface area contributed by atoms with Crippen LogP contribution in [0, 0.1) is 0 Å². The summed E-state index contributed by atoms with van der Waals surface area (Å²) in [4.78, 5) is 9.74. The molecular weight excluding hydrogens is 332 g/mol. The number of rotatable bonds is 2. The minimum Gasteiger partial charge on any atom is -0.461 e. The van der Waals surface area contributed by atoms with E-state index >= 15 is 0 Å². The summed E-state index contributed by atoms with van der Waals surface area (Å²) < 4.78 is 7.12. The monoisotopic (exact) mass is 346 g/mol. The minimum atomic E-state index is -0.807. The van der Waals surface area contributed by atoms with E-state index in [1.54, 1.807) is 7.11 Å². The third kappa shape index (κ3) is 2.66. The van der Waals surface area contributed by atoms with Crippen LogP contribution in [-0.4, -0.2) is 12.9 Å². The van der Waals surface area contributed by atoms with Gasteiger partial charge in [-0.15, -0.1) is 0 Å². The molecule has 0 fully saturated rings. The van der Waals surface area contributed by atoms with Gasteiger partial charge in [0.15, 0.2) is 5.84 Å². The Morgan fingerprint density at radius 3 is 2.76 bits per heavy atom. The lowest BCUT2D eigenvalue weighted by Gasteiger charge is -2.33. The quantitative estimate of drug-likeness (QED) is 0.844. The van der Waals surface area contributed by atoms with Gasteiger partial charge in [-0.1, -0.05) is 40.2 Å². The maximum absolute atomic E-state index is 6.13. The average molecular weight is 347 g/mol. The first kappa shape index (κ1) is 14.1. The molecular formula is C16H15BrN2O2. The van der Waals surface area contributed by atoms with Crippen molar-refractivity contribution in [2.75, 3.05) is 7.11 Å². The molecule has 0 amide bonds. The van der Waals surface area contributed by atoms with Gasteiger partial charge in [0.05, 0.1) is 12.7 Å². The standard InChI is InChI=1S/C16H15BrN2O2/c1-16(11-6-5-7-12(17)10-11)18-15(19-20-2)13-8-3-4-9-14(13)21-16/h3-10H,1-2H3,(H,18,19). The van der Waals surface area contributed by atoms with E-state index in [-0.39, 0.29) is 0 Å².